The summed E-state index contributed by atoms with van der Waals surface area (Å²) in [6.07, 6.45) is -4.65. The quantitative estimate of drug-likeness (QED) is 0.733. The Balaban J connectivity index is 1.57. The average Bonchev–Trinajstić information content (AvgIpc) is 2.91. The third kappa shape index (κ3) is 4.79. The van der Waals surface area contributed by atoms with Crippen LogP contribution < -0.4 is 0 Å². The lowest BCUT2D eigenvalue weighted by Crippen LogP contribution is -2.49. The molecule has 1 aromatic carbocycles. The van der Waals surface area contributed by atoms with Crippen molar-refractivity contribution >= 4 is 29.1 Å². The van der Waals surface area contributed by atoms with Crippen LogP contribution in [-0.2, 0) is 24.1 Å². The van der Waals surface area contributed by atoms with E-state index in [-0.39, 0.29) is 18.1 Å². The summed E-state index contributed by atoms with van der Waals surface area (Å²) >= 11 is 11.7. The molecule has 3 rings (SSSR count). The fourth-order valence-corrected chi connectivity index (χ4v) is 3.59. The van der Waals surface area contributed by atoms with E-state index in [2.05, 4.69) is 10.00 Å². The highest BCUT2D eigenvalue weighted by molar-refractivity contribution is 6.32. The normalized spacial score (nSPS) is 15.9. The largest absolute Gasteiger partial charge is 0.436 e. The number of halogens is 5. The highest BCUT2D eigenvalue weighted by Crippen LogP contribution is 2.35. The summed E-state index contributed by atoms with van der Waals surface area (Å²) in [6, 6.07) is 7.60. The van der Waals surface area contributed by atoms with E-state index in [1.54, 1.807) is 4.90 Å². The maximum absolute atomic E-state index is 12.9. The van der Waals surface area contributed by atoms with Gasteiger partial charge in [-0.1, -0.05) is 35.3 Å². The van der Waals surface area contributed by atoms with Crippen molar-refractivity contribution in [2.24, 2.45) is 0 Å². The molecule has 0 spiro atoms. The zero-order valence-corrected chi connectivity index (χ0v) is 16.7. The smallest absolute Gasteiger partial charge is 0.339 e. The molecule has 28 heavy (non-hydrogen) atoms. The fourth-order valence-electron chi connectivity index (χ4n) is 3.14. The molecule has 1 aliphatic heterocycles. The summed E-state index contributed by atoms with van der Waals surface area (Å²) in [5.74, 6) is -0.279. The molecule has 2 heterocycles. The zero-order valence-electron chi connectivity index (χ0n) is 15.1. The molecule has 1 aromatic heterocycles. The number of nitrogens with zero attached hydrogens (tertiary/aromatic N) is 4. The highest BCUT2D eigenvalue weighted by Gasteiger charge is 2.38. The van der Waals surface area contributed by atoms with Gasteiger partial charge < -0.3 is 4.90 Å². The Morgan fingerprint density at radius 1 is 1.18 bits per heavy atom. The number of aromatic nitrogens is 2. The van der Waals surface area contributed by atoms with E-state index in [1.165, 1.54) is 6.92 Å². The van der Waals surface area contributed by atoms with Crippen LogP contribution in [0.3, 0.4) is 0 Å². The van der Waals surface area contributed by atoms with Gasteiger partial charge in [0, 0.05) is 37.7 Å². The number of amides is 1. The molecule has 1 amide bonds. The van der Waals surface area contributed by atoms with Gasteiger partial charge in [0.1, 0.15) is 6.54 Å². The first-order valence-corrected chi connectivity index (χ1v) is 9.45. The molecule has 0 bridgehead atoms. The van der Waals surface area contributed by atoms with Gasteiger partial charge in [-0.2, -0.15) is 18.3 Å². The SMILES string of the molecule is Cc1c(Cl)c(C(F)(F)F)nn1CC(=O)N1CCN(Cc2cccc(Cl)c2)CC1. The second-order valence-electron chi connectivity index (χ2n) is 6.69. The molecule has 1 saturated heterocycles. The first-order chi connectivity index (χ1) is 13.1. The van der Waals surface area contributed by atoms with E-state index in [1.807, 2.05) is 24.3 Å². The number of benzene rings is 1. The van der Waals surface area contributed by atoms with E-state index < -0.39 is 16.9 Å². The van der Waals surface area contributed by atoms with Gasteiger partial charge in [0.05, 0.1) is 10.7 Å². The Bertz CT molecular complexity index is 861. The zero-order chi connectivity index (χ0) is 20.5. The number of hydrogen-bond acceptors (Lipinski definition) is 3. The molecule has 0 atom stereocenters. The fraction of sp³-hybridized carbons (Fsp3) is 0.444. The average molecular weight is 435 g/mol. The number of piperazine rings is 1. The minimum atomic E-state index is -4.65. The van der Waals surface area contributed by atoms with Crippen LogP contribution in [0.25, 0.3) is 0 Å². The van der Waals surface area contributed by atoms with Crippen LogP contribution in [0.5, 0.6) is 0 Å². The van der Waals surface area contributed by atoms with Crippen LogP contribution in [0.2, 0.25) is 10.0 Å². The van der Waals surface area contributed by atoms with Crippen LogP contribution in [0.4, 0.5) is 13.2 Å². The van der Waals surface area contributed by atoms with E-state index >= 15 is 0 Å². The van der Waals surface area contributed by atoms with Gasteiger partial charge in [0.2, 0.25) is 5.91 Å². The Morgan fingerprint density at radius 3 is 2.43 bits per heavy atom. The van der Waals surface area contributed by atoms with E-state index in [9.17, 15) is 18.0 Å². The summed E-state index contributed by atoms with van der Waals surface area (Å²) in [5.41, 5.74) is 0.0570. The summed E-state index contributed by atoms with van der Waals surface area (Å²) in [4.78, 5) is 16.3. The minimum absolute atomic E-state index is 0.127. The second-order valence-corrected chi connectivity index (χ2v) is 7.50. The van der Waals surface area contributed by atoms with Crippen molar-refractivity contribution in [3.63, 3.8) is 0 Å². The van der Waals surface area contributed by atoms with Crippen molar-refractivity contribution in [1.29, 1.82) is 0 Å². The lowest BCUT2D eigenvalue weighted by atomic mass is 10.2. The molecule has 1 fully saturated rings. The predicted molar refractivity (Wildman–Crippen MR) is 100 cm³/mol. The monoisotopic (exact) mass is 434 g/mol. The van der Waals surface area contributed by atoms with Crippen LogP contribution >= 0.6 is 23.2 Å². The van der Waals surface area contributed by atoms with Crippen LogP contribution in [-0.4, -0.2) is 51.7 Å². The lowest BCUT2D eigenvalue weighted by Gasteiger charge is -2.34. The van der Waals surface area contributed by atoms with Crippen LogP contribution in [0.15, 0.2) is 24.3 Å². The lowest BCUT2D eigenvalue weighted by molar-refractivity contribution is -0.142. The molecule has 152 valence electrons. The minimum Gasteiger partial charge on any atom is -0.339 e. The second kappa shape index (κ2) is 8.31. The summed E-state index contributed by atoms with van der Waals surface area (Å²) < 4.78 is 39.8. The van der Waals surface area contributed by atoms with Gasteiger partial charge in [0.25, 0.3) is 0 Å². The number of hydrogen-bond donors (Lipinski definition) is 0. The van der Waals surface area contributed by atoms with Gasteiger partial charge in [0.15, 0.2) is 5.69 Å². The van der Waals surface area contributed by atoms with E-state index in [0.29, 0.717) is 31.2 Å². The molecular weight excluding hydrogens is 416 g/mol. The summed E-state index contributed by atoms with van der Waals surface area (Å²) in [5, 5.41) is 3.70. The highest BCUT2D eigenvalue weighted by atomic mass is 35.5. The van der Waals surface area contributed by atoms with Gasteiger partial charge in [-0.15, -0.1) is 0 Å². The number of carbonyl (C=O) groups is 1. The Kier molecular flexibility index (Phi) is 6.21. The summed E-state index contributed by atoms with van der Waals surface area (Å²) in [7, 11) is 0. The Morgan fingerprint density at radius 2 is 1.86 bits per heavy atom. The number of carbonyl (C=O) groups excluding carboxylic acids is 1. The summed E-state index contributed by atoms with van der Waals surface area (Å²) in [6.45, 7) is 4.22. The standard InChI is InChI=1S/C18H19Cl2F3N4O/c1-12-16(20)17(18(21,22)23)24-27(12)11-15(28)26-7-5-25(6-8-26)10-13-3-2-4-14(19)9-13/h2-4,9H,5-8,10-11H2,1H3. The van der Waals surface area contributed by atoms with Gasteiger partial charge in [-0.05, 0) is 24.6 Å². The molecule has 5 nitrogen and oxygen atoms in total. The number of rotatable bonds is 4. The third-order valence-corrected chi connectivity index (χ3v) is 5.39. The van der Waals surface area contributed by atoms with Crippen molar-refractivity contribution in [3.05, 3.63) is 51.3 Å². The molecule has 0 saturated carbocycles. The first-order valence-electron chi connectivity index (χ1n) is 8.70. The molecule has 0 unspecified atom stereocenters. The van der Waals surface area contributed by atoms with Crippen molar-refractivity contribution in [1.82, 2.24) is 19.6 Å². The molecule has 2 aromatic rings. The van der Waals surface area contributed by atoms with Crippen molar-refractivity contribution in [2.45, 2.75) is 26.2 Å². The maximum Gasteiger partial charge on any atom is 0.436 e. The van der Waals surface area contributed by atoms with Crippen LogP contribution in [0, 0.1) is 6.92 Å². The van der Waals surface area contributed by atoms with Gasteiger partial charge in [-0.25, -0.2) is 0 Å². The molecular formula is C18H19Cl2F3N4O. The maximum atomic E-state index is 12.9. The molecule has 0 N–H and O–H groups in total. The predicted octanol–water partition coefficient (Wildman–Crippen LogP) is 3.86. The number of alkyl halides is 3. The molecule has 1 aliphatic rings. The van der Waals surface area contributed by atoms with Crippen molar-refractivity contribution in [3.8, 4) is 0 Å². The van der Waals surface area contributed by atoms with Crippen molar-refractivity contribution in [2.75, 3.05) is 26.2 Å². The van der Waals surface area contributed by atoms with Gasteiger partial charge >= 0.3 is 6.18 Å². The molecule has 0 aliphatic carbocycles. The molecule has 0 radical (unpaired) electrons. The van der Waals surface area contributed by atoms with E-state index in [4.69, 9.17) is 23.2 Å². The Hall–Kier alpha value is -1.77. The van der Waals surface area contributed by atoms with Gasteiger partial charge in [-0.3, -0.25) is 14.4 Å². The van der Waals surface area contributed by atoms with E-state index in [0.717, 1.165) is 16.8 Å². The van der Waals surface area contributed by atoms with Crippen molar-refractivity contribution < 1.29 is 18.0 Å². The topological polar surface area (TPSA) is 41.4 Å². The van der Waals surface area contributed by atoms with Crippen LogP contribution in [0.1, 0.15) is 17.0 Å². The Labute approximate surface area is 170 Å². The molecule has 10 heteroatoms. The first kappa shape index (κ1) is 21.0. The third-order valence-electron chi connectivity index (χ3n) is 4.71.